The fraction of sp³-hybridized carbons (Fsp3) is 0.421. The van der Waals surface area contributed by atoms with Gasteiger partial charge in [-0.1, -0.05) is 6.92 Å². The minimum Gasteiger partial charge on any atom is -0.453 e. The number of aromatic nitrogens is 4. The first-order chi connectivity index (χ1) is 14.0. The van der Waals surface area contributed by atoms with Crippen molar-refractivity contribution in [1.29, 1.82) is 5.26 Å². The lowest BCUT2D eigenvalue weighted by Crippen LogP contribution is -2.44. The first-order valence-electron chi connectivity index (χ1n) is 9.36. The van der Waals surface area contributed by atoms with Gasteiger partial charge in [0.15, 0.2) is 5.65 Å². The van der Waals surface area contributed by atoms with E-state index in [0.29, 0.717) is 24.6 Å². The summed E-state index contributed by atoms with van der Waals surface area (Å²) in [5.74, 6) is 0.566. The molecule has 0 saturated carbocycles. The molecule has 0 aliphatic carbocycles. The SMILES string of the molecule is COC(=O)Nc1[nH]n([C@H]2CN(C(=O)CC#N)CC[C@H]2C)c2c1cnc1nccc12. The summed E-state index contributed by atoms with van der Waals surface area (Å²) in [5, 5.41) is 16.4. The van der Waals surface area contributed by atoms with Gasteiger partial charge in [0.05, 0.1) is 30.1 Å². The Balaban J connectivity index is 1.83. The number of H-pyrrole nitrogens is 1. The van der Waals surface area contributed by atoms with E-state index in [9.17, 15) is 9.59 Å². The van der Waals surface area contributed by atoms with E-state index in [4.69, 9.17) is 10.00 Å². The Morgan fingerprint density at radius 3 is 3.00 bits per heavy atom. The molecule has 2 atom stereocenters. The second kappa shape index (κ2) is 7.43. The Kier molecular flexibility index (Phi) is 4.80. The van der Waals surface area contributed by atoms with Crippen molar-refractivity contribution < 1.29 is 14.3 Å². The molecule has 0 spiro atoms. The number of fused-ring (bicyclic) bond motifs is 3. The van der Waals surface area contributed by atoms with Gasteiger partial charge in [-0.2, -0.15) is 5.26 Å². The highest BCUT2D eigenvalue weighted by Crippen LogP contribution is 2.35. The summed E-state index contributed by atoms with van der Waals surface area (Å²) < 4.78 is 6.71. The molecule has 0 bridgehead atoms. The number of methoxy groups -OCH3 is 1. The summed E-state index contributed by atoms with van der Waals surface area (Å²) in [6, 6.07) is 3.74. The van der Waals surface area contributed by atoms with Gasteiger partial charge in [-0.25, -0.2) is 14.8 Å². The molecule has 0 unspecified atom stereocenters. The average molecular weight is 395 g/mol. The highest BCUT2D eigenvalue weighted by atomic mass is 16.5. The Labute approximate surface area is 166 Å². The van der Waals surface area contributed by atoms with Crippen LogP contribution in [0.2, 0.25) is 0 Å². The van der Waals surface area contributed by atoms with Gasteiger partial charge in [0.25, 0.3) is 0 Å². The zero-order valence-electron chi connectivity index (χ0n) is 16.2. The van der Waals surface area contributed by atoms with E-state index >= 15 is 0 Å². The molecule has 3 aromatic rings. The third-order valence-corrected chi connectivity index (χ3v) is 5.49. The van der Waals surface area contributed by atoms with Crippen LogP contribution < -0.4 is 5.32 Å². The number of carbonyl (C=O) groups is 2. The maximum Gasteiger partial charge on any atom is 0.412 e. The Bertz CT molecular complexity index is 1130. The van der Waals surface area contributed by atoms with Crippen LogP contribution in [0, 0.1) is 17.2 Å². The summed E-state index contributed by atoms with van der Waals surface area (Å²) in [6.07, 6.45) is 3.43. The molecular formula is C19H21N7O3. The molecule has 1 aliphatic heterocycles. The molecule has 4 rings (SSSR count). The fourth-order valence-electron chi connectivity index (χ4n) is 3.91. The highest BCUT2D eigenvalue weighted by Gasteiger charge is 2.32. The lowest BCUT2D eigenvalue weighted by molar-refractivity contribution is -0.132. The van der Waals surface area contributed by atoms with Crippen molar-refractivity contribution in [2.24, 2.45) is 5.92 Å². The van der Waals surface area contributed by atoms with Crippen LogP contribution in [-0.4, -0.2) is 56.8 Å². The van der Waals surface area contributed by atoms with Gasteiger partial charge >= 0.3 is 6.09 Å². The molecule has 150 valence electrons. The number of nitriles is 1. The first kappa shape index (κ1) is 18.7. The number of anilines is 1. The molecule has 3 aromatic heterocycles. The highest BCUT2D eigenvalue weighted by molar-refractivity contribution is 6.08. The Morgan fingerprint density at radius 1 is 1.41 bits per heavy atom. The van der Waals surface area contributed by atoms with E-state index in [1.807, 2.05) is 16.8 Å². The van der Waals surface area contributed by atoms with Crippen LogP contribution in [0.5, 0.6) is 0 Å². The van der Waals surface area contributed by atoms with E-state index < -0.39 is 6.09 Å². The maximum atomic E-state index is 12.3. The van der Waals surface area contributed by atoms with Crippen LogP contribution in [0.25, 0.3) is 21.9 Å². The van der Waals surface area contributed by atoms with Gasteiger partial charge in [0.2, 0.25) is 5.91 Å². The third-order valence-electron chi connectivity index (χ3n) is 5.49. The van der Waals surface area contributed by atoms with E-state index in [0.717, 1.165) is 22.7 Å². The molecule has 29 heavy (non-hydrogen) atoms. The van der Waals surface area contributed by atoms with E-state index in [1.165, 1.54) is 7.11 Å². The van der Waals surface area contributed by atoms with Crippen molar-refractivity contribution >= 4 is 39.8 Å². The molecule has 2 N–H and O–H groups in total. The van der Waals surface area contributed by atoms with Crippen molar-refractivity contribution in [3.8, 4) is 6.07 Å². The summed E-state index contributed by atoms with van der Waals surface area (Å²) in [6.45, 7) is 3.22. The van der Waals surface area contributed by atoms with Crippen LogP contribution in [0.1, 0.15) is 25.8 Å². The van der Waals surface area contributed by atoms with Crippen LogP contribution in [0.3, 0.4) is 0 Å². The molecule has 1 aliphatic rings. The number of aromatic amines is 1. The van der Waals surface area contributed by atoms with Crippen molar-refractivity contribution in [1.82, 2.24) is 24.6 Å². The molecular weight excluding hydrogens is 374 g/mol. The molecule has 10 heteroatoms. The number of carbonyl (C=O) groups excluding carboxylic acids is 2. The van der Waals surface area contributed by atoms with Gasteiger partial charge in [-0.3, -0.25) is 19.9 Å². The Morgan fingerprint density at radius 2 is 2.24 bits per heavy atom. The average Bonchev–Trinajstić information content (AvgIpc) is 3.33. The summed E-state index contributed by atoms with van der Waals surface area (Å²) in [5.41, 5.74) is 1.46. The van der Waals surface area contributed by atoms with Crippen molar-refractivity contribution in [3.63, 3.8) is 0 Å². The number of hydrogen-bond donors (Lipinski definition) is 2. The third kappa shape index (κ3) is 3.24. The van der Waals surface area contributed by atoms with Crippen LogP contribution in [0.15, 0.2) is 18.5 Å². The molecule has 0 radical (unpaired) electrons. The van der Waals surface area contributed by atoms with E-state index in [1.54, 1.807) is 17.3 Å². The van der Waals surface area contributed by atoms with Crippen LogP contribution in [0.4, 0.5) is 10.6 Å². The zero-order valence-corrected chi connectivity index (χ0v) is 16.2. The van der Waals surface area contributed by atoms with Gasteiger partial charge in [0.1, 0.15) is 12.2 Å². The number of nitrogens with one attached hydrogen (secondary N) is 2. The smallest absolute Gasteiger partial charge is 0.412 e. The van der Waals surface area contributed by atoms with Gasteiger partial charge < -0.3 is 9.64 Å². The largest absolute Gasteiger partial charge is 0.453 e. The minimum absolute atomic E-state index is 0.0670. The van der Waals surface area contributed by atoms with Crippen LogP contribution >= 0.6 is 0 Å². The number of amides is 2. The van der Waals surface area contributed by atoms with Crippen molar-refractivity contribution in [2.45, 2.75) is 25.8 Å². The number of rotatable bonds is 3. The van der Waals surface area contributed by atoms with Crippen molar-refractivity contribution in [3.05, 3.63) is 18.5 Å². The number of nitrogens with zero attached hydrogens (tertiary/aromatic N) is 5. The summed E-state index contributed by atoms with van der Waals surface area (Å²) >= 11 is 0. The number of piperidine rings is 1. The number of hydrogen-bond acceptors (Lipinski definition) is 6. The lowest BCUT2D eigenvalue weighted by Gasteiger charge is -2.37. The maximum absolute atomic E-state index is 12.3. The van der Waals surface area contributed by atoms with E-state index in [-0.39, 0.29) is 24.3 Å². The number of pyridine rings is 1. The van der Waals surface area contributed by atoms with Crippen molar-refractivity contribution in [2.75, 3.05) is 25.5 Å². The topological polar surface area (TPSA) is 129 Å². The predicted octanol–water partition coefficient (Wildman–Crippen LogP) is 2.41. The predicted molar refractivity (Wildman–Crippen MR) is 105 cm³/mol. The molecule has 4 heterocycles. The number of ether oxygens (including phenoxy) is 1. The molecule has 10 nitrogen and oxygen atoms in total. The van der Waals surface area contributed by atoms with Gasteiger partial charge in [-0.15, -0.1) is 0 Å². The fourth-order valence-corrected chi connectivity index (χ4v) is 3.91. The van der Waals surface area contributed by atoms with Gasteiger partial charge in [-0.05, 0) is 18.4 Å². The molecule has 1 fully saturated rings. The van der Waals surface area contributed by atoms with E-state index in [2.05, 4.69) is 27.3 Å². The molecule has 2 amide bonds. The standard InChI is InChI=1S/C19H21N7O3/c1-11-5-8-25(15(27)3-6-20)10-14(11)26-16-12-4-7-21-17(12)22-9-13(16)18(24-26)23-19(28)29-2/h4,7,9,11,14,24H,3,5,8,10H2,1-2H3,(H,23,28)/t11-,14+/m1/s1. The second-order valence-electron chi connectivity index (χ2n) is 7.18. The van der Waals surface area contributed by atoms with Gasteiger partial charge in [0, 0.05) is 30.9 Å². The zero-order chi connectivity index (χ0) is 20.5. The monoisotopic (exact) mass is 395 g/mol. The molecule has 0 aromatic carbocycles. The summed E-state index contributed by atoms with van der Waals surface area (Å²) in [7, 11) is 1.30. The lowest BCUT2D eigenvalue weighted by atomic mass is 9.93. The quantitative estimate of drug-likeness (QED) is 0.701. The molecule has 1 saturated heterocycles. The second-order valence-corrected chi connectivity index (χ2v) is 7.18. The minimum atomic E-state index is -0.594. The first-order valence-corrected chi connectivity index (χ1v) is 9.36. The summed E-state index contributed by atoms with van der Waals surface area (Å²) in [4.78, 5) is 34.5. The van der Waals surface area contributed by atoms with Crippen LogP contribution in [-0.2, 0) is 9.53 Å². The normalized spacial score (nSPS) is 19.3. The Hall–Kier alpha value is -3.61. The number of likely N-dealkylation sites (tertiary alicyclic amines) is 1.